The van der Waals surface area contributed by atoms with Crippen molar-refractivity contribution in [3.05, 3.63) is 60.6 Å². The second kappa shape index (κ2) is 4.33. The van der Waals surface area contributed by atoms with E-state index in [-0.39, 0.29) is 5.91 Å². The highest BCUT2D eigenvalue weighted by molar-refractivity contribution is 6.05. The van der Waals surface area contributed by atoms with Crippen LogP contribution in [0.15, 0.2) is 54.9 Å². The molecule has 0 radical (unpaired) electrons. The van der Waals surface area contributed by atoms with Crippen molar-refractivity contribution in [1.29, 1.82) is 0 Å². The molecular weight excluding hydrogens is 226 g/mol. The van der Waals surface area contributed by atoms with Crippen molar-refractivity contribution >= 4 is 22.5 Å². The van der Waals surface area contributed by atoms with Crippen LogP contribution in [0.2, 0.25) is 0 Å². The number of carbonyl (C=O) groups is 1. The fourth-order valence-electron chi connectivity index (χ4n) is 1.81. The normalized spacial score (nSPS) is 10.4. The zero-order valence-corrected chi connectivity index (χ0v) is 9.55. The molecule has 0 aliphatic heterocycles. The number of rotatable bonds is 2. The number of aromatic amines is 1. The van der Waals surface area contributed by atoms with Crippen LogP contribution in [0.3, 0.4) is 0 Å². The number of pyridine rings is 1. The molecule has 3 rings (SSSR count). The van der Waals surface area contributed by atoms with Gasteiger partial charge in [-0.1, -0.05) is 18.2 Å². The van der Waals surface area contributed by atoms with Gasteiger partial charge in [0.1, 0.15) is 5.69 Å². The van der Waals surface area contributed by atoms with E-state index in [0.717, 1.165) is 16.6 Å². The van der Waals surface area contributed by atoms with Gasteiger partial charge >= 0.3 is 0 Å². The van der Waals surface area contributed by atoms with Crippen molar-refractivity contribution in [2.24, 2.45) is 0 Å². The monoisotopic (exact) mass is 237 g/mol. The average molecular weight is 237 g/mol. The van der Waals surface area contributed by atoms with E-state index in [9.17, 15) is 4.79 Å². The lowest BCUT2D eigenvalue weighted by molar-refractivity contribution is 0.102. The summed E-state index contributed by atoms with van der Waals surface area (Å²) in [5.41, 5.74) is 2.16. The van der Waals surface area contributed by atoms with E-state index < -0.39 is 0 Å². The summed E-state index contributed by atoms with van der Waals surface area (Å²) >= 11 is 0. The van der Waals surface area contributed by atoms with Crippen LogP contribution in [-0.2, 0) is 0 Å². The van der Waals surface area contributed by atoms with Gasteiger partial charge < -0.3 is 10.3 Å². The molecule has 1 amide bonds. The van der Waals surface area contributed by atoms with Crippen molar-refractivity contribution in [3.63, 3.8) is 0 Å². The minimum Gasteiger partial charge on any atom is -0.349 e. The van der Waals surface area contributed by atoms with E-state index in [2.05, 4.69) is 15.3 Å². The van der Waals surface area contributed by atoms with Crippen LogP contribution in [0.25, 0.3) is 10.9 Å². The Hall–Kier alpha value is -2.62. The quantitative estimate of drug-likeness (QED) is 0.720. The van der Waals surface area contributed by atoms with Gasteiger partial charge in [-0.05, 0) is 24.3 Å². The van der Waals surface area contributed by atoms with Crippen LogP contribution in [0.5, 0.6) is 0 Å². The highest BCUT2D eigenvalue weighted by atomic mass is 16.1. The van der Waals surface area contributed by atoms with Crippen LogP contribution in [0.4, 0.5) is 5.69 Å². The van der Waals surface area contributed by atoms with Crippen LogP contribution in [-0.4, -0.2) is 15.9 Å². The molecule has 4 heteroatoms. The van der Waals surface area contributed by atoms with E-state index in [1.165, 1.54) is 0 Å². The summed E-state index contributed by atoms with van der Waals surface area (Å²) in [5.74, 6) is -0.155. The fraction of sp³-hybridized carbons (Fsp3) is 0. The highest BCUT2D eigenvalue weighted by Crippen LogP contribution is 2.15. The molecule has 88 valence electrons. The average Bonchev–Trinajstić information content (AvgIpc) is 2.84. The Morgan fingerprint density at radius 1 is 1.17 bits per heavy atom. The Balaban J connectivity index is 1.88. The largest absolute Gasteiger partial charge is 0.349 e. The Bertz CT molecular complexity index is 655. The van der Waals surface area contributed by atoms with Crippen molar-refractivity contribution in [1.82, 2.24) is 9.97 Å². The lowest BCUT2D eigenvalue weighted by atomic mass is 10.3. The summed E-state index contributed by atoms with van der Waals surface area (Å²) in [6, 6.07) is 13.0. The fourth-order valence-corrected chi connectivity index (χ4v) is 1.81. The number of aromatic nitrogens is 2. The highest BCUT2D eigenvalue weighted by Gasteiger charge is 2.09. The maximum absolute atomic E-state index is 12.0. The van der Waals surface area contributed by atoms with Crippen LogP contribution in [0.1, 0.15) is 10.5 Å². The number of nitrogens with one attached hydrogen (secondary N) is 2. The van der Waals surface area contributed by atoms with Crippen molar-refractivity contribution in [2.75, 3.05) is 5.32 Å². The van der Waals surface area contributed by atoms with Gasteiger partial charge in [0.05, 0.1) is 11.7 Å². The first-order valence-electron chi connectivity index (χ1n) is 5.62. The molecule has 2 N–H and O–H groups in total. The van der Waals surface area contributed by atoms with Gasteiger partial charge in [-0.15, -0.1) is 0 Å². The predicted octanol–water partition coefficient (Wildman–Crippen LogP) is 2.82. The first-order chi connectivity index (χ1) is 8.83. The molecule has 0 fully saturated rings. The minimum atomic E-state index is -0.155. The van der Waals surface area contributed by atoms with Gasteiger partial charge in [-0.25, -0.2) is 0 Å². The molecule has 4 nitrogen and oxygen atoms in total. The Kier molecular flexibility index (Phi) is 2.53. The minimum absolute atomic E-state index is 0.155. The van der Waals surface area contributed by atoms with E-state index in [1.54, 1.807) is 12.4 Å². The molecule has 0 saturated carbocycles. The van der Waals surface area contributed by atoms with Crippen molar-refractivity contribution < 1.29 is 4.79 Å². The number of benzene rings is 1. The van der Waals surface area contributed by atoms with Crippen LogP contribution < -0.4 is 5.32 Å². The standard InChI is InChI=1S/C14H11N3O/c18-14(16-11-4-2-1-3-5-11)12-8-10-6-7-15-9-13(10)17-12/h1-9,17H,(H,16,18). The first-order valence-corrected chi connectivity index (χ1v) is 5.62. The van der Waals surface area contributed by atoms with Crippen molar-refractivity contribution in [3.8, 4) is 0 Å². The van der Waals surface area contributed by atoms with Gasteiger partial charge in [0.2, 0.25) is 0 Å². The molecule has 1 aromatic carbocycles. The zero-order valence-electron chi connectivity index (χ0n) is 9.55. The van der Waals surface area contributed by atoms with Gasteiger partial charge in [-0.3, -0.25) is 9.78 Å². The van der Waals surface area contributed by atoms with E-state index in [0.29, 0.717) is 5.69 Å². The summed E-state index contributed by atoms with van der Waals surface area (Å²) in [7, 11) is 0. The van der Waals surface area contributed by atoms with Crippen molar-refractivity contribution in [2.45, 2.75) is 0 Å². The lowest BCUT2D eigenvalue weighted by Gasteiger charge is -2.02. The smallest absolute Gasteiger partial charge is 0.272 e. The van der Waals surface area contributed by atoms with Gasteiger partial charge in [-0.2, -0.15) is 0 Å². The maximum atomic E-state index is 12.0. The Labute approximate surface area is 104 Å². The van der Waals surface area contributed by atoms with Gasteiger partial charge in [0, 0.05) is 17.3 Å². The summed E-state index contributed by atoms with van der Waals surface area (Å²) in [5, 5.41) is 3.80. The number of amides is 1. The Morgan fingerprint density at radius 3 is 2.78 bits per heavy atom. The number of para-hydroxylation sites is 1. The summed E-state index contributed by atoms with van der Waals surface area (Å²) in [6.45, 7) is 0. The van der Waals surface area contributed by atoms with E-state index >= 15 is 0 Å². The molecule has 0 atom stereocenters. The van der Waals surface area contributed by atoms with E-state index in [4.69, 9.17) is 0 Å². The molecule has 18 heavy (non-hydrogen) atoms. The summed E-state index contributed by atoms with van der Waals surface area (Å²) < 4.78 is 0. The molecule has 0 bridgehead atoms. The molecule has 0 aliphatic carbocycles. The SMILES string of the molecule is O=C(Nc1ccccc1)c1cc2ccncc2[nH]1. The van der Waals surface area contributed by atoms with Gasteiger partial charge in [0.15, 0.2) is 0 Å². The molecular formula is C14H11N3O. The molecule has 2 aromatic heterocycles. The number of carbonyl (C=O) groups excluding carboxylic acids is 1. The van der Waals surface area contributed by atoms with Crippen LogP contribution in [0, 0.1) is 0 Å². The lowest BCUT2D eigenvalue weighted by Crippen LogP contribution is -2.11. The number of hydrogen-bond donors (Lipinski definition) is 2. The summed E-state index contributed by atoms with van der Waals surface area (Å²) in [6.07, 6.45) is 3.41. The third kappa shape index (κ3) is 1.96. The molecule has 0 saturated heterocycles. The predicted molar refractivity (Wildman–Crippen MR) is 70.5 cm³/mol. The maximum Gasteiger partial charge on any atom is 0.272 e. The third-order valence-corrected chi connectivity index (χ3v) is 2.70. The number of nitrogens with zero attached hydrogens (tertiary/aromatic N) is 1. The number of fused-ring (bicyclic) bond motifs is 1. The molecule has 0 unspecified atom stereocenters. The second-order valence-corrected chi connectivity index (χ2v) is 3.97. The molecule has 2 heterocycles. The number of H-pyrrole nitrogens is 1. The summed E-state index contributed by atoms with van der Waals surface area (Å²) in [4.78, 5) is 19.1. The number of anilines is 1. The zero-order chi connectivity index (χ0) is 12.4. The Morgan fingerprint density at radius 2 is 2.00 bits per heavy atom. The molecule has 0 aliphatic rings. The third-order valence-electron chi connectivity index (χ3n) is 2.70. The number of hydrogen-bond acceptors (Lipinski definition) is 2. The first kappa shape index (κ1) is 10.5. The molecule has 3 aromatic rings. The topological polar surface area (TPSA) is 57.8 Å². The molecule has 0 spiro atoms. The second-order valence-electron chi connectivity index (χ2n) is 3.97. The van der Waals surface area contributed by atoms with E-state index in [1.807, 2.05) is 42.5 Å². The van der Waals surface area contributed by atoms with Gasteiger partial charge in [0.25, 0.3) is 5.91 Å². The van der Waals surface area contributed by atoms with Crippen LogP contribution >= 0.6 is 0 Å².